The lowest BCUT2D eigenvalue weighted by Gasteiger charge is -2.35. The SMILES string of the molecule is Fc1ccccc1-c1[nH]ncc1C(c1ccc(-c2cc(F)c(F)c(F)c2)cc1)N1CCOCC1. The van der Waals surface area contributed by atoms with E-state index in [4.69, 9.17) is 4.74 Å². The second-order valence-electron chi connectivity index (χ2n) is 8.11. The first-order valence-electron chi connectivity index (χ1n) is 10.9. The molecular formula is C26H21F4N3O. The van der Waals surface area contributed by atoms with Gasteiger partial charge in [-0.25, -0.2) is 17.6 Å². The number of aromatic nitrogens is 2. The highest BCUT2D eigenvalue weighted by molar-refractivity contribution is 5.67. The Kier molecular flexibility index (Phi) is 6.17. The van der Waals surface area contributed by atoms with Crippen molar-refractivity contribution in [3.8, 4) is 22.4 Å². The molecule has 1 atom stereocenters. The van der Waals surface area contributed by atoms with Gasteiger partial charge < -0.3 is 4.74 Å². The fourth-order valence-corrected chi connectivity index (χ4v) is 4.39. The van der Waals surface area contributed by atoms with Gasteiger partial charge in [0.15, 0.2) is 17.5 Å². The van der Waals surface area contributed by atoms with Crippen molar-refractivity contribution in [3.63, 3.8) is 0 Å². The zero-order valence-corrected chi connectivity index (χ0v) is 18.1. The molecule has 1 aromatic heterocycles. The number of aromatic amines is 1. The molecule has 1 N–H and O–H groups in total. The Balaban J connectivity index is 1.56. The van der Waals surface area contributed by atoms with Crippen LogP contribution in [-0.4, -0.2) is 41.4 Å². The van der Waals surface area contributed by atoms with Crippen LogP contribution in [0.5, 0.6) is 0 Å². The second-order valence-corrected chi connectivity index (χ2v) is 8.11. The van der Waals surface area contributed by atoms with E-state index >= 15 is 0 Å². The van der Waals surface area contributed by atoms with Crippen LogP contribution in [0.25, 0.3) is 22.4 Å². The van der Waals surface area contributed by atoms with E-state index in [0.29, 0.717) is 43.1 Å². The highest BCUT2D eigenvalue weighted by atomic mass is 19.2. The summed E-state index contributed by atoms with van der Waals surface area (Å²) >= 11 is 0. The molecule has 1 aliphatic heterocycles. The van der Waals surface area contributed by atoms with Crippen LogP contribution in [0.1, 0.15) is 17.2 Å². The van der Waals surface area contributed by atoms with Crippen molar-refractivity contribution in [3.05, 3.63) is 101 Å². The van der Waals surface area contributed by atoms with Crippen molar-refractivity contribution in [2.45, 2.75) is 6.04 Å². The van der Waals surface area contributed by atoms with Crippen molar-refractivity contribution in [1.29, 1.82) is 0 Å². The number of H-pyrrole nitrogens is 1. The molecule has 1 saturated heterocycles. The smallest absolute Gasteiger partial charge is 0.194 e. The summed E-state index contributed by atoms with van der Waals surface area (Å²) in [5.41, 5.74) is 3.49. The van der Waals surface area contributed by atoms with Gasteiger partial charge in [0.05, 0.1) is 31.1 Å². The summed E-state index contributed by atoms with van der Waals surface area (Å²) in [6, 6.07) is 15.4. The molecule has 3 aromatic carbocycles. The van der Waals surface area contributed by atoms with E-state index in [9.17, 15) is 17.6 Å². The third-order valence-electron chi connectivity index (χ3n) is 6.06. The van der Waals surface area contributed by atoms with Gasteiger partial charge in [0.1, 0.15) is 5.82 Å². The number of ether oxygens (including phenoxy) is 1. The van der Waals surface area contributed by atoms with Gasteiger partial charge >= 0.3 is 0 Å². The van der Waals surface area contributed by atoms with E-state index in [1.165, 1.54) is 6.07 Å². The summed E-state index contributed by atoms with van der Waals surface area (Å²) in [6.45, 7) is 2.47. The predicted octanol–water partition coefficient (Wildman–Crippen LogP) is 5.72. The molecule has 0 bridgehead atoms. The fourth-order valence-electron chi connectivity index (χ4n) is 4.39. The molecule has 0 aliphatic carbocycles. The summed E-state index contributed by atoms with van der Waals surface area (Å²) in [6.07, 6.45) is 1.69. The van der Waals surface area contributed by atoms with Gasteiger partial charge in [0.25, 0.3) is 0 Å². The third-order valence-corrected chi connectivity index (χ3v) is 6.06. The molecule has 2 heterocycles. The lowest BCUT2D eigenvalue weighted by atomic mass is 9.93. The van der Waals surface area contributed by atoms with Gasteiger partial charge in [-0.05, 0) is 41.0 Å². The number of nitrogens with zero attached hydrogens (tertiary/aromatic N) is 2. The van der Waals surface area contributed by atoms with E-state index < -0.39 is 17.5 Å². The van der Waals surface area contributed by atoms with Crippen LogP contribution in [0.2, 0.25) is 0 Å². The van der Waals surface area contributed by atoms with Crippen molar-refractivity contribution in [1.82, 2.24) is 15.1 Å². The molecule has 1 fully saturated rings. The van der Waals surface area contributed by atoms with Crippen molar-refractivity contribution in [2.24, 2.45) is 0 Å². The fraction of sp³-hybridized carbons (Fsp3) is 0.192. The molecule has 1 unspecified atom stereocenters. The third kappa shape index (κ3) is 4.22. The zero-order valence-electron chi connectivity index (χ0n) is 18.1. The van der Waals surface area contributed by atoms with Gasteiger partial charge in [-0.2, -0.15) is 5.10 Å². The highest BCUT2D eigenvalue weighted by Crippen LogP contribution is 2.36. The molecule has 34 heavy (non-hydrogen) atoms. The molecule has 174 valence electrons. The number of nitrogens with one attached hydrogen (secondary N) is 1. The molecule has 0 radical (unpaired) electrons. The summed E-state index contributed by atoms with van der Waals surface area (Å²) in [7, 11) is 0. The molecule has 4 nitrogen and oxygen atoms in total. The minimum absolute atomic E-state index is 0.237. The second kappa shape index (κ2) is 9.40. The first-order valence-corrected chi connectivity index (χ1v) is 10.9. The monoisotopic (exact) mass is 467 g/mol. The van der Waals surface area contributed by atoms with Gasteiger partial charge in [-0.3, -0.25) is 10.00 Å². The molecule has 1 aliphatic rings. The maximum atomic E-state index is 14.6. The van der Waals surface area contributed by atoms with E-state index in [2.05, 4.69) is 15.1 Å². The van der Waals surface area contributed by atoms with E-state index in [1.54, 1.807) is 36.5 Å². The van der Waals surface area contributed by atoms with Crippen molar-refractivity contribution in [2.75, 3.05) is 26.3 Å². The van der Waals surface area contributed by atoms with Crippen LogP contribution in [0, 0.1) is 23.3 Å². The highest BCUT2D eigenvalue weighted by Gasteiger charge is 2.28. The van der Waals surface area contributed by atoms with Crippen LogP contribution in [0.15, 0.2) is 66.9 Å². The largest absolute Gasteiger partial charge is 0.379 e. The van der Waals surface area contributed by atoms with Crippen molar-refractivity contribution >= 4 is 0 Å². The Bertz CT molecular complexity index is 1280. The van der Waals surface area contributed by atoms with Gasteiger partial charge in [0, 0.05) is 24.2 Å². The number of halogens is 4. The maximum Gasteiger partial charge on any atom is 0.194 e. The molecule has 5 rings (SSSR count). The van der Waals surface area contributed by atoms with Gasteiger partial charge in [0.2, 0.25) is 0 Å². The number of hydrogen-bond donors (Lipinski definition) is 1. The lowest BCUT2D eigenvalue weighted by Crippen LogP contribution is -2.39. The lowest BCUT2D eigenvalue weighted by molar-refractivity contribution is 0.0240. The van der Waals surface area contributed by atoms with Crippen LogP contribution in [-0.2, 0) is 4.74 Å². The molecular weight excluding hydrogens is 446 g/mol. The number of rotatable bonds is 5. The van der Waals surface area contributed by atoms with Gasteiger partial charge in [-0.1, -0.05) is 36.4 Å². The Morgan fingerprint density at radius 2 is 1.50 bits per heavy atom. The van der Waals surface area contributed by atoms with Crippen LogP contribution >= 0.6 is 0 Å². The Morgan fingerprint density at radius 3 is 2.18 bits per heavy atom. The standard InChI is InChI=1S/C26H21F4N3O/c27-21-4-2-1-3-19(21)25-20(15-31-32-25)26(33-9-11-34-12-10-33)17-7-5-16(6-8-17)18-13-22(28)24(30)23(29)14-18/h1-8,13-15,26H,9-12H2,(H,31,32). The summed E-state index contributed by atoms with van der Waals surface area (Å²) in [5, 5.41) is 7.15. The minimum Gasteiger partial charge on any atom is -0.379 e. The molecule has 0 spiro atoms. The summed E-state index contributed by atoms with van der Waals surface area (Å²) in [4.78, 5) is 2.23. The first kappa shape index (κ1) is 22.3. The molecule has 8 heteroatoms. The predicted molar refractivity (Wildman–Crippen MR) is 120 cm³/mol. The van der Waals surface area contributed by atoms with E-state index in [-0.39, 0.29) is 17.4 Å². The van der Waals surface area contributed by atoms with Crippen LogP contribution in [0.3, 0.4) is 0 Å². The van der Waals surface area contributed by atoms with Crippen LogP contribution < -0.4 is 0 Å². The van der Waals surface area contributed by atoms with Gasteiger partial charge in [-0.15, -0.1) is 0 Å². The summed E-state index contributed by atoms with van der Waals surface area (Å²) < 4.78 is 60.9. The summed E-state index contributed by atoms with van der Waals surface area (Å²) in [5.74, 6) is -4.32. The number of morpholine rings is 1. The maximum absolute atomic E-state index is 14.6. The normalized spacial score (nSPS) is 15.4. The average molecular weight is 467 g/mol. The average Bonchev–Trinajstić information content (AvgIpc) is 3.33. The van der Waals surface area contributed by atoms with E-state index in [1.807, 2.05) is 12.1 Å². The Hall–Kier alpha value is -3.49. The van der Waals surface area contributed by atoms with Crippen molar-refractivity contribution < 1.29 is 22.3 Å². The zero-order chi connectivity index (χ0) is 23.7. The Morgan fingerprint density at radius 1 is 0.824 bits per heavy atom. The quantitative estimate of drug-likeness (QED) is 0.302. The van der Waals surface area contributed by atoms with Crippen LogP contribution in [0.4, 0.5) is 17.6 Å². The molecule has 0 saturated carbocycles. The molecule has 4 aromatic rings. The minimum atomic E-state index is -1.49. The number of benzene rings is 3. The Labute approximate surface area is 193 Å². The first-order chi connectivity index (χ1) is 16.5. The topological polar surface area (TPSA) is 41.2 Å². The van der Waals surface area contributed by atoms with E-state index in [0.717, 1.165) is 23.3 Å². The number of hydrogen-bond acceptors (Lipinski definition) is 3. The molecule has 0 amide bonds.